The Morgan fingerprint density at radius 2 is 2.24 bits per heavy atom. The highest BCUT2D eigenvalue weighted by Crippen LogP contribution is 2.42. The number of aromatic amines is 1. The Balaban J connectivity index is 1.76. The lowest BCUT2D eigenvalue weighted by atomic mass is 9.78. The molecular formula is C14H16BrN5O. The lowest BCUT2D eigenvalue weighted by molar-refractivity contribution is -0.118. The van der Waals surface area contributed by atoms with Crippen LogP contribution in [0, 0.1) is 0 Å². The molecule has 1 amide bonds. The van der Waals surface area contributed by atoms with Crippen LogP contribution in [0.5, 0.6) is 0 Å². The third kappa shape index (κ3) is 2.42. The predicted octanol–water partition coefficient (Wildman–Crippen LogP) is 2.24. The minimum absolute atomic E-state index is 0.0794. The molecule has 6 nitrogen and oxygen atoms in total. The van der Waals surface area contributed by atoms with Crippen molar-refractivity contribution in [3.63, 3.8) is 0 Å². The number of aromatic nitrogens is 3. The number of carbonyl (C=O) groups excluding carboxylic acids is 1. The summed E-state index contributed by atoms with van der Waals surface area (Å²) in [5.41, 5.74) is 8.23. The van der Waals surface area contributed by atoms with Gasteiger partial charge in [-0.05, 0) is 35.7 Å². The molecule has 1 saturated carbocycles. The molecule has 110 valence electrons. The molecule has 2 aromatic rings. The van der Waals surface area contributed by atoms with Crippen molar-refractivity contribution in [2.75, 3.05) is 5.73 Å². The van der Waals surface area contributed by atoms with Gasteiger partial charge in [0, 0.05) is 23.2 Å². The van der Waals surface area contributed by atoms with E-state index in [1.165, 1.54) is 6.33 Å². The molecule has 0 spiro atoms. The monoisotopic (exact) mass is 349 g/mol. The van der Waals surface area contributed by atoms with E-state index in [0.29, 0.717) is 17.3 Å². The summed E-state index contributed by atoms with van der Waals surface area (Å²) in [6, 6.07) is 0.195. The Labute approximate surface area is 130 Å². The molecule has 0 aliphatic heterocycles. The van der Waals surface area contributed by atoms with Crippen LogP contribution in [0.1, 0.15) is 31.4 Å². The molecule has 0 aromatic carbocycles. The highest BCUT2D eigenvalue weighted by molar-refractivity contribution is 9.10. The summed E-state index contributed by atoms with van der Waals surface area (Å²) in [5, 5.41) is 3.78. The van der Waals surface area contributed by atoms with E-state index in [4.69, 9.17) is 5.73 Å². The quantitative estimate of drug-likeness (QED) is 0.740. The van der Waals surface area contributed by atoms with E-state index in [1.807, 2.05) is 0 Å². The summed E-state index contributed by atoms with van der Waals surface area (Å²) in [4.78, 5) is 23.1. The second-order valence-corrected chi connectivity index (χ2v) is 6.25. The van der Waals surface area contributed by atoms with E-state index in [2.05, 4.69) is 42.8 Å². The van der Waals surface area contributed by atoms with Crippen LogP contribution in [0.25, 0.3) is 11.0 Å². The lowest BCUT2D eigenvalue weighted by Gasteiger charge is -2.35. The smallest absolute Gasteiger partial charge is 0.246 e. The maximum absolute atomic E-state index is 11.6. The zero-order valence-electron chi connectivity index (χ0n) is 11.6. The number of nitrogen functional groups attached to an aromatic ring is 1. The predicted molar refractivity (Wildman–Crippen MR) is 84.7 cm³/mol. The van der Waals surface area contributed by atoms with Crippen LogP contribution in [0.15, 0.2) is 23.0 Å². The van der Waals surface area contributed by atoms with Gasteiger partial charge in [0.2, 0.25) is 5.91 Å². The second kappa shape index (κ2) is 5.14. The SMILES string of the molecule is C=C(C)C(=O)NC1CC(c2[nH]c3ncnc(N)c3c2Br)C1. The Kier molecular flexibility index (Phi) is 3.44. The fourth-order valence-electron chi connectivity index (χ4n) is 2.59. The molecule has 3 rings (SSSR count). The number of anilines is 1. The number of H-pyrrole nitrogens is 1. The highest BCUT2D eigenvalue weighted by atomic mass is 79.9. The average Bonchev–Trinajstić information content (AvgIpc) is 2.71. The Bertz CT molecular complexity index is 732. The number of halogens is 1. The fourth-order valence-corrected chi connectivity index (χ4v) is 3.40. The van der Waals surface area contributed by atoms with Crippen molar-refractivity contribution in [1.29, 1.82) is 0 Å². The minimum atomic E-state index is -0.0794. The van der Waals surface area contributed by atoms with Gasteiger partial charge in [-0.15, -0.1) is 0 Å². The van der Waals surface area contributed by atoms with Crippen LogP contribution in [0.3, 0.4) is 0 Å². The number of nitrogens with one attached hydrogen (secondary N) is 2. The summed E-state index contributed by atoms with van der Waals surface area (Å²) in [6.07, 6.45) is 3.22. The van der Waals surface area contributed by atoms with Crippen molar-refractivity contribution in [1.82, 2.24) is 20.3 Å². The molecule has 21 heavy (non-hydrogen) atoms. The topological polar surface area (TPSA) is 96.7 Å². The standard InChI is InChI=1S/C14H16BrN5O/c1-6(2)14(21)19-8-3-7(4-8)11-10(15)9-12(16)17-5-18-13(9)20-11/h5,7-8H,1,3-4H2,2H3,(H,19,21)(H3,16,17,18,20). The van der Waals surface area contributed by atoms with Crippen LogP contribution in [0.2, 0.25) is 0 Å². The lowest BCUT2D eigenvalue weighted by Crippen LogP contribution is -2.43. The molecule has 0 bridgehead atoms. The van der Waals surface area contributed by atoms with E-state index < -0.39 is 0 Å². The average molecular weight is 350 g/mol. The van der Waals surface area contributed by atoms with Gasteiger partial charge in [-0.3, -0.25) is 4.79 Å². The third-order valence-electron chi connectivity index (χ3n) is 3.85. The van der Waals surface area contributed by atoms with E-state index in [1.54, 1.807) is 6.92 Å². The van der Waals surface area contributed by atoms with Gasteiger partial charge < -0.3 is 16.0 Å². The summed E-state index contributed by atoms with van der Waals surface area (Å²) in [7, 11) is 0. The molecule has 0 radical (unpaired) electrons. The maximum Gasteiger partial charge on any atom is 0.246 e. The van der Waals surface area contributed by atoms with Crippen LogP contribution >= 0.6 is 15.9 Å². The number of fused-ring (bicyclic) bond motifs is 1. The zero-order valence-corrected chi connectivity index (χ0v) is 13.2. The first-order valence-electron chi connectivity index (χ1n) is 6.71. The van der Waals surface area contributed by atoms with Crippen LogP contribution in [0.4, 0.5) is 5.82 Å². The van der Waals surface area contributed by atoms with Gasteiger partial charge in [0.15, 0.2) is 0 Å². The first-order valence-corrected chi connectivity index (χ1v) is 7.50. The Hall–Kier alpha value is -1.89. The summed E-state index contributed by atoms with van der Waals surface area (Å²) in [6.45, 7) is 5.35. The van der Waals surface area contributed by atoms with Crippen molar-refractivity contribution < 1.29 is 4.79 Å². The van der Waals surface area contributed by atoms with Gasteiger partial charge in [-0.25, -0.2) is 9.97 Å². The highest BCUT2D eigenvalue weighted by Gasteiger charge is 2.34. The summed E-state index contributed by atoms with van der Waals surface area (Å²) in [5.74, 6) is 0.730. The van der Waals surface area contributed by atoms with Gasteiger partial charge in [0.05, 0.1) is 9.86 Å². The van der Waals surface area contributed by atoms with Gasteiger partial charge >= 0.3 is 0 Å². The van der Waals surface area contributed by atoms with Gasteiger partial charge in [0.1, 0.15) is 17.8 Å². The van der Waals surface area contributed by atoms with Crippen molar-refractivity contribution in [3.8, 4) is 0 Å². The number of nitrogens with zero attached hydrogens (tertiary/aromatic N) is 2. The van der Waals surface area contributed by atoms with Crippen molar-refractivity contribution >= 4 is 38.7 Å². The first-order chi connectivity index (χ1) is 9.97. The molecule has 1 aliphatic carbocycles. The van der Waals surface area contributed by atoms with Crippen molar-refractivity contribution in [3.05, 3.63) is 28.6 Å². The van der Waals surface area contributed by atoms with E-state index in [0.717, 1.165) is 34.0 Å². The number of carbonyl (C=O) groups is 1. The van der Waals surface area contributed by atoms with Crippen LogP contribution in [-0.2, 0) is 4.79 Å². The number of amides is 1. The molecule has 2 heterocycles. The van der Waals surface area contributed by atoms with Gasteiger partial charge in [-0.2, -0.15) is 0 Å². The molecule has 0 saturated heterocycles. The Morgan fingerprint density at radius 1 is 1.52 bits per heavy atom. The molecule has 7 heteroatoms. The van der Waals surface area contributed by atoms with Crippen molar-refractivity contribution in [2.24, 2.45) is 0 Å². The molecule has 1 fully saturated rings. The second-order valence-electron chi connectivity index (χ2n) is 5.45. The Morgan fingerprint density at radius 3 is 2.86 bits per heavy atom. The largest absolute Gasteiger partial charge is 0.383 e. The molecule has 2 aromatic heterocycles. The number of rotatable bonds is 3. The zero-order chi connectivity index (χ0) is 15.1. The molecule has 1 aliphatic rings. The van der Waals surface area contributed by atoms with Crippen LogP contribution < -0.4 is 11.1 Å². The number of hydrogen-bond donors (Lipinski definition) is 3. The normalized spacial score (nSPS) is 21.0. The van der Waals surface area contributed by atoms with Gasteiger partial charge in [-0.1, -0.05) is 6.58 Å². The minimum Gasteiger partial charge on any atom is -0.383 e. The molecule has 0 unspecified atom stereocenters. The van der Waals surface area contributed by atoms with Crippen molar-refractivity contribution in [2.45, 2.75) is 31.7 Å². The number of hydrogen-bond acceptors (Lipinski definition) is 4. The third-order valence-corrected chi connectivity index (χ3v) is 4.68. The molecule has 4 N–H and O–H groups in total. The summed E-state index contributed by atoms with van der Waals surface area (Å²) < 4.78 is 0.922. The van der Waals surface area contributed by atoms with E-state index in [9.17, 15) is 4.79 Å². The van der Waals surface area contributed by atoms with E-state index >= 15 is 0 Å². The van der Waals surface area contributed by atoms with E-state index in [-0.39, 0.29) is 11.9 Å². The van der Waals surface area contributed by atoms with Crippen LogP contribution in [-0.4, -0.2) is 26.9 Å². The van der Waals surface area contributed by atoms with Gasteiger partial charge in [0.25, 0.3) is 0 Å². The fraction of sp³-hybridized carbons (Fsp3) is 0.357. The number of nitrogens with two attached hydrogens (primary N) is 1. The maximum atomic E-state index is 11.6. The first kappa shape index (κ1) is 14.1. The molecular weight excluding hydrogens is 334 g/mol. The summed E-state index contributed by atoms with van der Waals surface area (Å²) >= 11 is 3.58. The molecule has 0 atom stereocenters.